The summed E-state index contributed by atoms with van der Waals surface area (Å²) in [5, 5.41) is 5.77. The number of carbonyl (C=O) groups excluding carboxylic acids is 1. The third-order valence-corrected chi connectivity index (χ3v) is 3.61. The third-order valence-electron chi connectivity index (χ3n) is 3.20. The van der Waals surface area contributed by atoms with Gasteiger partial charge in [0.1, 0.15) is 6.61 Å². The van der Waals surface area contributed by atoms with Crippen LogP contribution in [0.25, 0.3) is 0 Å². The van der Waals surface area contributed by atoms with Crippen molar-refractivity contribution in [2.24, 2.45) is 0 Å². The van der Waals surface area contributed by atoms with E-state index in [9.17, 15) is 4.79 Å². The number of hydrogen-bond acceptors (Lipinski definition) is 5. The minimum atomic E-state index is -0.513. The molecule has 0 aliphatic rings. The number of anilines is 3. The fourth-order valence-corrected chi connectivity index (χ4v) is 2.26. The second-order valence-corrected chi connectivity index (χ2v) is 6.03. The maximum absolute atomic E-state index is 11.9. The molecule has 2 aromatic carbocycles. The van der Waals surface area contributed by atoms with Gasteiger partial charge in [0.15, 0.2) is 0 Å². The molecule has 0 saturated carbocycles. The minimum Gasteiger partial charge on any atom is -0.444 e. The first kappa shape index (κ1) is 16.9. The first-order valence-corrected chi connectivity index (χ1v) is 8.31. The topological polar surface area (TPSA) is 76.1 Å². The van der Waals surface area contributed by atoms with Crippen LogP contribution in [0.5, 0.6) is 0 Å². The Morgan fingerprint density at radius 2 is 1.72 bits per heavy atom. The molecule has 0 aliphatic heterocycles. The zero-order valence-corrected chi connectivity index (χ0v) is 14.7. The van der Waals surface area contributed by atoms with Crippen LogP contribution in [-0.2, 0) is 11.3 Å². The molecule has 1 aromatic heterocycles. The third kappa shape index (κ3) is 5.29. The van der Waals surface area contributed by atoms with Crippen LogP contribution in [0.2, 0.25) is 0 Å². The van der Waals surface area contributed by atoms with Crippen molar-refractivity contribution in [3.8, 4) is 0 Å². The van der Waals surface area contributed by atoms with Crippen molar-refractivity contribution in [3.63, 3.8) is 0 Å². The molecule has 7 heteroatoms. The predicted octanol–water partition coefficient (Wildman–Crippen LogP) is 4.73. The van der Waals surface area contributed by atoms with Crippen LogP contribution in [0.4, 0.5) is 22.1 Å². The monoisotopic (exact) mass is 398 g/mol. The minimum absolute atomic E-state index is 0.220. The van der Waals surface area contributed by atoms with E-state index < -0.39 is 6.09 Å². The van der Waals surface area contributed by atoms with Gasteiger partial charge in [-0.1, -0.05) is 36.4 Å². The average molecular weight is 399 g/mol. The maximum atomic E-state index is 11.9. The molecule has 0 spiro atoms. The zero-order valence-electron chi connectivity index (χ0n) is 13.1. The van der Waals surface area contributed by atoms with Crippen LogP contribution >= 0.6 is 15.9 Å². The van der Waals surface area contributed by atoms with E-state index in [4.69, 9.17) is 4.74 Å². The van der Waals surface area contributed by atoms with E-state index in [0.717, 1.165) is 15.7 Å². The van der Waals surface area contributed by atoms with E-state index in [1.807, 2.05) is 42.5 Å². The Morgan fingerprint density at radius 3 is 2.48 bits per heavy atom. The van der Waals surface area contributed by atoms with Crippen molar-refractivity contribution in [3.05, 3.63) is 77.0 Å². The smallest absolute Gasteiger partial charge is 0.411 e. The van der Waals surface area contributed by atoms with Gasteiger partial charge in [-0.05, 0) is 39.7 Å². The second kappa shape index (κ2) is 8.25. The first-order valence-electron chi connectivity index (χ1n) is 7.51. The highest BCUT2D eigenvalue weighted by molar-refractivity contribution is 9.10. The SMILES string of the molecule is O=C(Nc1cccc(Nc2ncc(Br)cn2)c1)OCc1ccccc1. The summed E-state index contributed by atoms with van der Waals surface area (Å²) < 4.78 is 6.00. The van der Waals surface area contributed by atoms with E-state index in [2.05, 4.69) is 36.5 Å². The van der Waals surface area contributed by atoms with E-state index in [-0.39, 0.29) is 6.61 Å². The molecule has 126 valence electrons. The van der Waals surface area contributed by atoms with Gasteiger partial charge in [-0.15, -0.1) is 0 Å². The van der Waals surface area contributed by atoms with Gasteiger partial charge in [-0.3, -0.25) is 5.32 Å². The quantitative estimate of drug-likeness (QED) is 0.649. The van der Waals surface area contributed by atoms with Crippen molar-refractivity contribution in [2.75, 3.05) is 10.6 Å². The van der Waals surface area contributed by atoms with Gasteiger partial charge in [0.25, 0.3) is 0 Å². The van der Waals surface area contributed by atoms with Crippen LogP contribution < -0.4 is 10.6 Å². The van der Waals surface area contributed by atoms with E-state index in [0.29, 0.717) is 11.6 Å². The Morgan fingerprint density at radius 1 is 1.00 bits per heavy atom. The van der Waals surface area contributed by atoms with Crippen LogP contribution in [0, 0.1) is 0 Å². The number of halogens is 1. The summed E-state index contributed by atoms with van der Waals surface area (Å²) in [6.45, 7) is 0.220. The number of aromatic nitrogens is 2. The van der Waals surface area contributed by atoms with Gasteiger partial charge in [-0.2, -0.15) is 0 Å². The Balaban J connectivity index is 1.57. The summed E-state index contributed by atoms with van der Waals surface area (Å²) in [6, 6.07) is 16.7. The zero-order chi connectivity index (χ0) is 17.5. The fraction of sp³-hybridized carbons (Fsp3) is 0.0556. The fourth-order valence-electron chi connectivity index (χ4n) is 2.06. The molecular formula is C18H15BrN4O2. The number of nitrogens with one attached hydrogen (secondary N) is 2. The summed E-state index contributed by atoms with van der Waals surface area (Å²) in [4.78, 5) is 20.2. The van der Waals surface area contributed by atoms with Gasteiger partial charge in [0.2, 0.25) is 5.95 Å². The molecular weight excluding hydrogens is 384 g/mol. The van der Waals surface area contributed by atoms with Gasteiger partial charge in [-0.25, -0.2) is 14.8 Å². The van der Waals surface area contributed by atoms with E-state index in [1.165, 1.54) is 0 Å². The highest BCUT2D eigenvalue weighted by Crippen LogP contribution is 2.19. The lowest BCUT2D eigenvalue weighted by Crippen LogP contribution is -2.13. The molecule has 0 aliphatic carbocycles. The van der Waals surface area contributed by atoms with Crippen molar-refractivity contribution in [2.45, 2.75) is 6.61 Å². The molecule has 25 heavy (non-hydrogen) atoms. The molecule has 3 rings (SSSR count). The summed E-state index contributed by atoms with van der Waals surface area (Å²) >= 11 is 3.29. The van der Waals surface area contributed by atoms with Gasteiger partial charge >= 0.3 is 6.09 Å². The largest absolute Gasteiger partial charge is 0.444 e. The molecule has 3 aromatic rings. The normalized spacial score (nSPS) is 10.1. The van der Waals surface area contributed by atoms with Crippen LogP contribution in [0.3, 0.4) is 0 Å². The first-order chi connectivity index (χ1) is 12.2. The van der Waals surface area contributed by atoms with E-state index >= 15 is 0 Å². The number of nitrogens with zero attached hydrogens (tertiary/aromatic N) is 2. The van der Waals surface area contributed by atoms with Crippen molar-refractivity contribution < 1.29 is 9.53 Å². The average Bonchev–Trinajstić information content (AvgIpc) is 2.63. The lowest BCUT2D eigenvalue weighted by Gasteiger charge is -2.09. The van der Waals surface area contributed by atoms with Gasteiger partial charge in [0, 0.05) is 23.8 Å². The standard InChI is InChI=1S/C18H15BrN4O2/c19-14-10-20-17(21-11-14)22-15-7-4-8-16(9-15)23-18(24)25-12-13-5-2-1-3-6-13/h1-11H,12H2,(H,23,24)(H,20,21,22). The number of hydrogen-bond donors (Lipinski definition) is 2. The Kier molecular flexibility index (Phi) is 5.58. The molecule has 0 bridgehead atoms. The molecule has 0 atom stereocenters. The van der Waals surface area contributed by atoms with E-state index in [1.54, 1.807) is 24.5 Å². The summed E-state index contributed by atoms with van der Waals surface area (Å²) in [5.41, 5.74) is 2.30. The summed E-state index contributed by atoms with van der Waals surface area (Å²) in [7, 11) is 0. The molecule has 6 nitrogen and oxygen atoms in total. The van der Waals surface area contributed by atoms with Gasteiger partial charge in [0.05, 0.1) is 4.47 Å². The van der Waals surface area contributed by atoms with Crippen LogP contribution in [-0.4, -0.2) is 16.1 Å². The highest BCUT2D eigenvalue weighted by Gasteiger charge is 2.05. The van der Waals surface area contributed by atoms with Crippen molar-refractivity contribution in [1.82, 2.24) is 9.97 Å². The lowest BCUT2D eigenvalue weighted by molar-refractivity contribution is 0.155. The molecule has 1 amide bonds. The number of amides is 1. The van der Waals surface area contributed by atoms with Crippen molar-refractivity contribution >= 4 is 39.3 Å². The predicted molar refractivity (Wildman–Crippen MR) is 99.7 cm³/mol. The number of benzene rings is 2. The number of ether oxygens (including phenoxy) is 1. The molecule has 1 heterocycles. The van der Waals surface area contributed by atoms with Gasteiger partial charge < -0.3 is 10.1 Å². The molecule has 0 saturated heterocycles. The molecule has 2 N–H and O–H groups in total. The molecule has 0 fully saturated rings. The Bertz CT molecular complexity index is 841. The molecule has 0 radical (unpaired) electrons. The van der Waals surface area contributed by atoms with Crippen molar-refractivity contribution in [1.29, 1.82) is 0 Å². The van der Waals surface area contributed by atoms with Crippen LogP contribution in [0.15, 0.2) is 71.5 Å². The summed E-state index contributed by atoms with van der Waals surface area (Å²) in [5.74, 6) is 0.465. The lowest BCUT2D eigenvalue weighted by atomic mass is 10.2. The second-order valence-electron chi connectivity index (χ2n) is 5.12. The Hall–Kier alpha value is -2.93. The number of carbonyl (C=O) groups is 1. The highest BCUT2D eigenvalue weighted by atomic mass is 79.9. The Labute approximate surface area is 153 Å². The number of rotatable bonds is 5. The molecule has 0 unspecified atom stereocenters. The maximum Gasteiger partial charge on any atom is 0.411 e. The summed E-state index contributed by atoms with van der Waals surface area (Å²) in [6.07, 6.45) is 2.79. The van der Waals surface area contributed by atoms with Crippen LogP contribution in [0.1, 0.15) is 5.56 Å².